The van der Waals surface area contributed by atoms with Gasteiger partial charge in [-0.1, -0.05) is 18.2 Å². The van der Waals surface area contributed by atoms with Crippen molar-refractivity contribution in [3.05, 3.63) is 29.8 Å². The number of carbonyl (C=O) groups is 1. The Hall–Kier alpha value is -1.63. The molecule has 0 radical (unpaired) electrons. The molecule has 2 unspecified atom stereocenters. The highest BCUT2D eigenvalue weighted by Gasteiger charge is 2.31. The van der Waals surface area contributed by atoms with E-state index in [1.807, 2.05) is 24.3 Å². The predicted molar refractivity (Wildman–Crippen MR) is 97.5 cm³/mol. The fraction of sp³-hybridized carbons (Fsp3) is 0.650. The highest BCUT2D eigenvalue weighted by molar-refractivity contribution is 5.68. The van der Waals surface area contributed by atoms with Gasteiger partial charge in [-0.25, -0.2) is 4.79 Å². The van der Waals surface area contributed by atoms with E-state index in [4.69, 9.17) is 14.6 Å². The van der Waals surface area contributed by atoms with E-state index in [-0.39, 0.29) is 24.9 Å². The third-order valence-electron chi connectivity index (χ3n) is 5.45. The van der Waals surface area contributed by atoms with Crippen molar-refractivity contribution in [3.8, 4) is 5.75 Å². The number of hydrogen-bond donors (Lipinski definition) is 3. The lowest BCUT2D eigenvalue weighted by molar-refractivity contribution is -0.139. The molecule has 3 N–H and O–H groups in total. The topological polar surface area (TPSA) is 88.0 Å². The number of hydrogen-bond acceptors (Lipinski definition) is 5. The monoisotopic (exact) mass is 363 g/mol. The van der Waals surface area contributed by atoms with Gasteiger partial charge in [0.15, 0.2) is 6.61 Å². The van der Waals surface area contributed by atoms with Gasteiger partial charge in [0.2, 0.25) is 0 Å². The zero-order chi connectivity index (χ0) is 18.5. The maximum atomic E-state index is 10.8. The molecule has 1 aliphatic heterocycles. The van der Waals surface area contributed by atoms with E-state index < -0.39 is 5.97 Å². The van der Waals surface area contributed by atoms with Crippen LogP contribution in [0.4, 0.5) is 0 Å². The Bertz CT molecular complexity index is 600. The highest BCUT2D eigenvalue weighted by atomic mass is 16.5. The second-order valence-electron chi connectivity index (χ2n) is 7.50. The van der Waals surface area contributed by atoms with Crippen LogP contribution in [-0.4, -0.2) is 53.7 Å². The van der Waals surface area contributed by atoms with Crippen LogP contribution in [0.1, 0.15) is 50.5 Å². The zero-order valence-corrected chi connectivity index (χ0v) is 15.3. The molecule has 3 atom stereocenters. The average Bonchev–Trinajstić information content (AvgIpc) is 2.96. The molecule has 1 saturated heterocycles. The molecular weight excluding hydrogens is 334 g/mol. The van der Waals surface area contributed by atoms with Gasteiger partial charge in [-0.2, -0.15) is 0 Å². The van der Waals surface area contributed by atoms with Gasteiger partial charge in [-0.05, 0) is 56.6 Å². The van der Waals surface area contributed by atoms with Gasteiger partial charge < -0.3 is 25.0 Å². The number of nitrogens with one attached hydrogen (secondary N) is 1. The minimum Gasteiger partial charge on any atom is -0.482 e. The Kier molecular flexibility index (Phi) is 6.51. The molecule has 2 aliphatic rings. The van der Waals surface area contributed by atoms with Crippen LogP contribution in [0.5, 0.6) is 5.75 Å². The van der Waals surface area contributed by atoms with Crippen molar-refractivity contribution in [2.45, 2.75) is 69.2 Å². The van der Waals surface area contributed by atoms with Gasteiger partial charge in [0.25, 0.3) is 0 Å². The summed E-state index contributed by atoms with van der Waals surface area (Å²) >= 11 is 0. The van der Waals surface area contributed by atoms with Gasteiger partial charge in [0, 0.05) is 6.04 Å². The van der Waals surface area contributed by atoms with E-state index in [2.05, 4.69) is 12.2 Å². The number of carboxylic acids is 1. The number of aliphatic carboxylic acids is 1. The van der Waals surface area contributed by atoms with Crippen molar-refractivity contribution in [1.82, 2.24) is 5.32 Å². The molecule has 3 rings (SSSR count). The largest absolute Gasteiger partial charge is 0.482 e. The van der Waals surface area contributed by atoms with Gasteiger partial charge in [0.1, 0.15) is 5.75 Å². The first kappa shape index (κ1) is 19.1. The Morgan fingerprint density at radius 2 is 1.96 bits per heavy atom. The van der Waals surface area contributed by atoms with Crippen molar-refractivity contribution in [3.63, 3.8) is 0 Å². The second kappa shape index (κ2) is 8.84. The van der Waals surface area contributed by atoms with Gasteiger partial charge >= 0.3 is 5.97 Å². The van der Waals surface area contributed by atoms with Crippen molar-refractivity contribution in [2.24, 2.45) is 0 Å². The summed E-state index contributed by atoms with van der Waals surface area (Å²) in [5, 5.41) is 22.2. The smallest absolute Gasteiger partial charge is 0.341 e. The van der Waals surface area contributed by atoms with Crippen LogP contribution in [-0.2, 0) is 9.53 Å². The standard InChI is InChI=1S/C20H29NO5/c1-13-10-18(22)17(21-13)11-25-15-8-6-14(7-9-15)16-4-2-3-5-19(16)26-12-20(23)24/h2-5,13-15,17-18,21-22H,6-12H2,1H3,(H,23,24)/t13-,14?,15?,17?,18?/m1/s1. The first-order valence-electron chi connectivity index (χ1n) is 9.52. The molecule has 1 heterocycles. The van der Waals surface area contributed by atoms with E-state index in [0.29, 0.717) is 24.3 Å². The van der Waals surface area contributed by atoms with Crippen LogP contribution in [0.2, 0.25) is 0 Å². The molecule has 26 heavy (non-hydrogen) atoms. The summed E-state index contributed by atoms with van der Waals surface area (Å²) in [5.41, 5.74) is 1.09. The van der Waals surface area contributed by atoms with E-state index >= 15 is 0 Å². The number of ether oxygens (including phenoxy) is 2. The third-order valence-corrected chi connectivity index (χ3v) is 5.45. The zero-order valence-electron chi connectivity index (χ0n) is 15.3. The number of carboxylic acid groups (broad SMARTS) is 1. The molecule has 0 amide bonds. The summed E-state index contributed by atoms with van der Waals surface area (Å²) in [4.78, 5) is 10.8. The van der Waals surface area contributed by atoms with E-state index in [9.17, 15) is 9.90 Å². The molecule has 1 aliphatic carbocycles. The van der Waals surface area contributed by atoms with Crippen LogP contribution in [0.3, 0.4) is 0 Å². The van der Waals surface area contributed by atoms with Crippen molar-refractivity contribution >= 4 is 5.97 Å². The summed E-state index contributed by atoms with van der Waals surface area (Å²) in [6.07, 6.45) is 4.62. The molecule has 1 saturated carbocycles. The number of benzene rings is 1. The Labute approximate surface area is 154 Å². The summed E-state index contributed by atoms with van der Waals surface area (Å²) in [6, 6.07) is 8.10. The molecular formula is C20H29NO5. The van der Waals surface area contributed by atoms with Crippen molar-refractivity contribution in [1.29, 1.82) is 0 Å². The van der Waals surface area contributed by atoms with Crippen LogP contribution in [0.15, 0.2) is 24.3 Å². The SMILES string of the molecule is C[C@@H]1CC(O)C(COC2CCC(c3ccccc3OCC(=O)O)CC2)N1. The highest BCUT2D eigenvalue weighted by Crippen LogP contribution is 2.38. The first-order chi connectivity index (χ1) is 12.5. The molecule has 1 aromatic rings. The molecule has 2 fully saturated rings. The molecule has 0 spiro atoms. The average molecular weight is 363 g/mol. The lowest BCUT2D eigenvalue weighted by Gasteiger charge is -2.30. The quantitative estimate of drug-likeness (QED) is 0.689. The number of para-hydroxylation sites is 1. The lowest BCUT2D eigenvalue weighted by atomic mass is 9.82. The van der Waals surface area contributed by atoms with Gasteiger partial charge in [-0.3, -0.25) is 0 Å². The minimum atomic E-state index is -0.964. The molecule has 6 heteroatoms. The predicted octanol–water partition coefficient (Wildman–Crippen LogP) is 2.30. The fourth-order valence-corrected chi connectivity index (χ4v) is 4.10. The summed E-state index contributed by atoms with van der Waals surface area (Å²) < 4.78 is 11.5. The molecule has 0 aromatic heterocycles. The maximum Gasteiger partial charge on any atom is 0.341 e. The summed E-state index contributed by atoms with van der Waals surface area (Å²) in [5.74, 6) is 0.0792. The van der Waals surface area contributed by atoms with E-state index in [1.165, 1.54) is 0 Å². The summed E-state index contributed by atoms with van der Waals surface area (Å²) in [6.45, 7) is 2.32. The maximum absolute atomic E-state index is 10.8. The van der Waals surface area contributed by atoms with Crippen LogP contribution < -0.4 is 10.1 Å². The fourth-order valence-electron chi connectivity index (χ4n) is 4.10. The molecule has 0 bridgehead atoms. The normalized spacial score (nSPS) is 31.7. The third kappa shape index (κ3) is 4.96. The van der Waals surface area contributed by atoms with Crippen LogP contribution in [0.25, 0.3) is 0 Å². The van der Waals surface area contributed by atoms with Crippen molar-refractivity contribution < 1.29 is 24.5 Å². The van der Waals surface area contributed by atoms with E-state index in [0.717, 1.165) is 37.7 Å². The second-order valence-corrected chi connectivity index (χ2v) is 7.50. The number of aliphatic hydroxyl groups excluding tert-OH is 1. The van der Waals surface area contributed by atoms with Crippen LogP contribution in [0, 0.1) is 0 Å². The Morgan fingerprint density at radius 3 is 2.62 bits per heavy atom. The lowest BCUT2D eigenvalue weighted by Crippen LogP contribution is -2.38. The first-order valence-corrected chi connectivity index (χ1v) is 9.52. The van der Waals surface area contributed by atoms with Gasteiger partial charge in [-0.15, -0.1) is 0 Å². The minimum absolute atomic E-state index is 0.0351. The van der Waals surface area contributed by atoms with E-state index in [1.54, 1.807) is 0 Å². The van der Waals surface area contributed by atoms with Crippen molar-refractivity contribution in [2.75, 3.05) is 13.2 Å². The number of aliphatic hydroxyl groups is 1. The van der Waals surface area contributed by atoms with Crippen LogP contribution >= 0.6 is 0 Å². The molecule has 1 aromatic carbocycles. The number of rotatable bonds is 7. The Morgan fingerprint density at radius 1 is 1.23 bits per heavy atom. The molecule has 6 nitrogen and oxygen atoms in total. The molecule has 144 valence electrons. The van der Waals surface area contributed by atoms with Gasteiger partial charge in [0.05, 0.1) is 24.9 Å². The summed E-state index contributed by atoms with van der Waals surface area (Å²) in [7, 11) is 0. The Balaban J connectivity index is 1.49.